The minimum atomic E-state index is -0.895. The Labute approximate surface area is 96.3 Å². The summed E-state index contributed by atoms with van der Waals surface area (Å²) in [7, 11) is 0. The van der Waals surface area contributed by atoms with Crippen LogP contribution >= 0.6 is 0 Å². The van der Waals surface area contributed by atoms with Crippen molar-refractivity contribution in [1.82, 2.24) is 15.2 Å². The molecule has 88 valence electrons. The Hall–Kier alpha value is -2.24. The molecule has 0 saturated heterocycles. The average Bonchev–Trinajstić information content (AvgIpc) is 2.75. The maximum absolute atomic E-state index is 13.0. The highest BCUT2D eigenvalue weighted by atomic mass is 19.1. The van der Waals surface area contributed by atoms with E-state index in [2.05, 4.69) is 15.2 Å². The summed E-state index contributed by atoms with van der Waals surface area (Å²) in [5, 5.41) is 15.1. The molecule has 5 nitrogen and oxygen atoms in total. The van der Waals surface area contributed by atoms with Crippen LogP contribution in [0.3, 0.4) is 0 Å². The van der Waals surface area contributed by atoms with Crippen LogP contribution in [0.15, 0.2) is 24.3 Å². The van der Waals surface area contributed by atoms with E-state index in [1.54, 1.807) is 12.1 Å². The van der Waals surface area contributed by atoms with E-state index in [9.17, 15) is 9.18 Å². The van der Waals surface area contributed by atoms with Crippen molar-refractivity contribution in [2.75, 3.05) is 0 Å². The number of halogens is 1. The van der Waals surface area contributed by atoms with Gasteiger partial charge >= 0.3 is 5.97 Å². The largest absolute Gasteiger partial charge is 0.481 e. The van der Waals surface area contributed by atoms with Gasteiger partial charge in [-0.25, -0.2) is 9.37 Å². The van der Waals surface area contributed by atoms with Crippen LogP contribution in [0.2, 0.25) is 0 Å². The van der Waals surface area contributed by atoms with Crippen molar-refractivity contribution in [2.24, 2.45) is 0 Å². The van der Waals surface area contributed by atoms with Gasteiger partial charge in [0, 0.05) is 12.0 Å². The van der Waals surface area contributed by atoms with Crippen LogP contribution in [-0.2, 0) is 11.2 Å². The summed E-state index contributed by atoms with van der Waals surface area (Å²) in [5.41, 5.74) is 0.558. The van der Waals surface area contributed by atoms with E-state index >= 15 is 0 Å². The van der Waals surface area contributed by atoms with Crippen LogP contribution in [0.25, 0.3) is 11.4 Å². The molecule has 2 N–H and O–H groups in total. The van der Waals surface area contributed by atoms with Crippen LogP contribution < -0.4 is 0 Å². The molecule has 0 aliphatic rings. The van der Waals surface area contributed by atoms with E-state index in [1.807, 2.05) is 0 Å². The first-order valence-corrected chi connectivity index (χ1v) is 5.04. The third-order valence-electron chi connectivity index (χ3n) is 2.19. The number of carbonyl (C=O) groups is 1. The topological polar surface area (TPSA) is 78.9 Å². The molecule has 1 aromatic heterocycles. The van der Waals surface area contributed by atoms with Gasteiger partial charge in [0.25, 0.3) is 0 Å². The number of carboxylic acids is 1. The van der Waals surface area contributed by atoms with Gasteiger partial charge in [-0.15, -0.1) is 0 Å². The number of hydrogen-bond donors (Lipinski definition) is 2. The molecule has 2 aromatic rings. The van der Waals surface area contributed by atoms with Crippen LogP contribution in [0.1, 0.15) is 12.2 Å². The van der Waals surface area contributed by atoms with Crippen molar-refractivity contribution in [1.29, 1.82) is 0 Å². The standard InChI is InChI=1S/C11H10FN3O2/c12-8-3-1-2-7(6-8)11-13-9(14-15-11)4-5-10(16)17/h1-3,6H,4-5H2,(H,16,17)(H,13,14,15). The number of aromatic nitrogens is 3. The van der Waals surface area contributed by atoms with Crippen LogP contribution in [0.5, 0.6) is 0 Å². The summed E-state index contributed by atoms with van der Waals surface area (Å²) >= 11 is 0. The number of carboxylic acid groups (broad SMARTS) is 1. The van der Waals surface area contributed by atoms with Crippen LogP contribution in [-0.4, -0.2) is 26.3 Å². The number of aliphatic carboxylic acids is 1. The lowest BCUT2D eigenvalue weighted by Crippen LogP contribution is -1.98. The Kier molecular flexibility index (Phi) is 3.13. The van der Waals surface area contributed by atoms with Crippen molar-refractivity contribution in [2.45, 2.75) is 12.8 Å². The molecule has 0 fully saturated rings. The summed E-state index contributed by atoms with van der Waals surface area (Å²) in [5.74, 6) is -0.412. The van der Waals surface area contributed by atoms with Crippen molar-refractivity contribution >= 4 is 5.97 Å². The molecule has 0 saturated carbocycles. The predicted octanol–water partition coefficient (Wildman–Crippen LogP) is 1.63. The molecule has 0 aliphatic heterocycles. The van der Waals surface area contributed by atoms with Gasteiger partial charge < -0.3 is 5.11 Å². The number of aryl methyl sites for hydroxylation is 1. The minimum absolute atomic E-state index is 0.0161. The first-order valence-electron chi connectivity index (χ1n) is 5.04. The summed E-state index contributed by atoms with van der Waals surface area (Å²) in [6.07, 6.45) is 0.259. The summed E-state index contributed by atoms with van der Waals surface area (Å²) in [4.78, 5) is 14.5. The maximum Gasteiger partial charge on any atom is 0.303 e. The first kappa shape index (κ1) is 11.3. The number of nitrogens with one attached hydrogen (secondary N) is 1. The molecular weight excluding hydrogens is 225 g/mol. The summed E-state index contributed by atoms with van der Waals surface area (Å²) in [6, 6.07) is 5.91. The summed E-state index contributed by atoms with van der Waals surface area (Å²) < 4.78 is 13.0. The van der Waals surface area contributed by atoms with Crippen LogP contribution in [0, 0.1) is 5.82 Å². The zero-order chi connectivity index (χ0) is 12.3. The second kappa shape index (κ2) is 4.73. The third kappa shape index (κ3) is 2.87. The molecule has 17 heavy (non-hydrogen) atoms. The SMILES string of the molecule is O=C(O)CCc1nc(-c2cccc(F)c2)n[nH]1. The smallest absolute Gasteiger partial charge is 0.303 e. The number of aromatic amines is 1. The zero-order valence-electron chi connectivity index (χ0n) is 8.85. The number of benzene rings is 1. The molecule has 0 amide bonds. The lowest BCUT2D eigenvalue weighted by Gasteiger charge is -1.94. The van der Waals surface area contributed by atoms with E-state index in [4.69, 9.17) is 5.11 Å². The average molecular weight is 235 g/mol. The van der Waals surface area contributed by atoms with Gasteiger partial charge in [0.15, 0.2) is 5.82 Å². The van der Waals surface area contributed by atoms with E-state index in [1.165, 1.54) is 12.1 Å². The maximum atomic E-state index is 13.0. The highest BCUT2D eigenvalue weighted by Crippen LogP contribution is 2.15. The Morgan fingerprint density at radius 1 is 1.47 bits per heavy atom. The predicted molar refractivity (Wildman–Crippen MR) is 57.7 cm³/mol. The Balaban J connectivity index is 2.15. The Bertz CT molecular complexity index is 539. The first-order chi connectivity index (χ1) is 8.15. The molecule has 0 aliphatic carbocycles. The lowest BCUT2D eigenvalue weighted by molar-refractivity contribution is -0.137. The minimum Gasteiger partial charge on any atom is -0.481 e. The van der Waals surface area contributed by atoms with E-state index in [0.717, 1.165) is 0 Å². The number of hydrogen-bond acceptors (Lipinski definition) is 3. The van der Waals surface area contributed by atoms with Crippen molar-refractivity contribution < 1.29 is 14.3 Å². The van der Waals surface area contributed by atoms with E-state index in [-0.39, 0.29) is 18.7 Å². The normalized spacial score (nSPS) is 10.4. The van der Waals surface area contributed by atoms with Gasteiger partial charge in [-0.1, -0.05) is 12.1 Å². The van der Waals surface area contributed by atoms with Gasteiger partial charge in [0.2, 0.25) is 0 Å². The molecular formula is C11H10FN3O2. The Morgan fingerprint density at radius 3 is 3.00 bits per heavy atom. The molecule has 0 unspecified atom stereocenters. The van der Waals surface area contributed by atoms with Crippen molar-refractivity contribution in [3.8, 4) is 11.4 Å². The fourth-order valence-electron chi connectivity index (χ4n) is 1.39. The molecule has 6 heteroatoms. The second-order valence-corrected chi connectivity index (χ2v) is 3.51. The highest BCUT2D eigenvalue weighted by molar-refractivity contribution is 5.66. The van der Waals surface area contributed by atoms with E-state index < -0.39 is 5.97 Å². The number of H-pyrrole nitrogens is 1. The monoisotopic (exact) mass is 235 g/mol. The van der Waals surface area contributed by atoms with Crippen molar-refractivity contribution in [3.05, 3.63) is 35.9 Å². The number of rotatable bonds is 4. The lowest BCUT2D eigenvalue weighted by atomic mass is 10.2. The van der Waals surface area contributed by atoms with Gasteiger partial charge in [0.1, 0.15) is 11.6 Å². The van der Waals surface area contributed by atoms with Crippen molar-refractivity contribution in [3.63, 3.8) is 0 Å². The molecule has 0 radical (unpaired) electrons. The zero-order valence-corrected chi connectivity index (χ0v) is 8.85. The molecule has 1 aromatic carbocycles. The fraction of sp³-hybridized carbons (Fsp3) is 0.182. The van der Waals surface area contributed by atoms with Gasteiger partial charge in [-0.3, -0.25) is 9.89 Å². The molecule has 1 heterocycles. The summed E-state index contributed by atoms with van der Waals surface area (Å²) in [6.45, 7) is 0. The second-order valence-electron chi connectivity index (χ2n) is 3.51. The van der Waals surface area contributed by atoms with Gasteiger partial charge in [0.05, 0.1) is 6.42 Å². The third-order valence-corrected chi connectivity index (χ3v) is 2.19. The number of nitrogens with zero attached hydrogens (tertiary/aromatic N) is 2. The quantitative estimate of drug-likeness (QED) is 0.844. The molecule has 0 atom stereocenters. The van der Waals surface area contributed by atoms with Gasteiger partial charge in [-0.05, 0) is 12.1 Å². The van der Waals surface area contributed by atoms with E-state index in [0.29, 0.717) is 17.2 Å². The molecule has 0 spiro atoms. The molecule has 0 bridgehead atoms. The highest BCUT2D eigenvalue weighted by Gasteiger charge is 2.07. The van der Waals surface area contributed by atoms with Gasteiger partial charge in [-0.2, -0.15) is 5.10 Å². The fourth-order valence-corrected chi connectivity index (χ4v) is 1.39. The van der Waals surface area contributed by atoms with Crippen LogP contribution in [0.4, 0.5) is 4.39 Å². The Morgan fingerprint density at radius 2 is 2.29 bits per heavy atom. The molecule has 2 rings (SSSR count).